The Kier molecular flexibility index (Phi) is 3.16. The summed E-state index contributed by atoms with van der Waals surface area (Å²) in [5.41, 5.74) is 0.376. The first kappa shape index (κ1) is 12.1. The number of carboxylic acids is 2. The van der Waals surface area contributed by atoms with E-state index in [1.807, 2.05) is 6.07 Å². The van der Waals surface area contributed by atoms with Crippen LogP contribution >= 0.6 is 9.24 Å². The maximum Gasteiger partial charge on any atom is 0.307 e. The first-order valence-electron chi connectivity index (χ1n) is 5.30. The van der Waals surface area contributed by atoms with Gasteiger partial charge in [-0.3, -0.25) is 9.59 Å². The van der Waals surface area contributed by atoms with E-state index in [1.54, 1.807) is 24.3 Å². The fourth-order valence-corrected chi connectivity index (χ4v) is 3.31. The third kappa shape index (κ3) is 1.93. The van der Waals surface area contributed by atoms with Crippen LogP contribution in [-0.4, -0.2) is 27.8 Å². The number of carbonyl (C=O) groups is 2. The molecule has 1 aromatic carbocycles. The van der Waals surface area contributed by atoms with Gasteiger partial charge in [0.25, 0.3) is 0 Å². The molecule has 90 valence electrons. The topological polar surface area (TPSA) is 74.6 Å². The van der Waals surface area contributed by atoms with Gasteiger partial charge in [-0.2, -0.15) is 0 Å². The minimum Gasteiger partial charge on any atom is -0.481 e. The summed E-state index contributed by atoms with van der Waals surface area (Å²) in [5.74, 6) is -3.58. The van der Waals surface area contributed by atoms with E-state index < -0.39 is 35.4 Å². The Morgan fingerprint density at radius 3 is 1.88 bits per heavy atom. The van der Waals surface area contributed by atoms with Crippen molar-refractivity contribution in [1.82, 2.24) is 0 Å². The zero-order valence-corrected chi connectivity index (χ0v) is 10.1. The molecule has 4 nitrogen and oxygen atoms in total. The quantitative estimate of drug-likeness (QED) is 0.798. The first-order valence-corrected chi connectivity index (χ1v) is 5.97. The lowest BCUT2D eigenvalue weighted by Gasteiger charge is -2.46. The summed E-state index contributed by atoms with van der Waals surface area (Å²) in [6.07, 6.45) is 0. The van der Waals surface area contributed by atoms with Crippen LogP contribution in [0.5, 0.6) is 0 Å². The number of hydrogen-bond acceptors (Lipinski definition) is 2. The Morgan fingerprint density at radius 1 is 1.00 bits per heavy atom. The van der Waals surface area contributed by atoms with E-state index in [1.165, 1.54) is 0 Å². The molecule has 17 heavy (non-hydrogen) atoms. The second-order valence-corrected chi connectivity index (χ2v) is 5.01. The molecular formula is C12H13O4P. The zero-order chi connectivity index (χ0) is 12.6. The second-order valence-electron chi connectivity index (χ2n) is 4.24. The molecule has 2 N–H and O–H groups in total. The largest absolute Gasteiger partial charge is 0.481 e. The molecule has 0 amide bonds. The molecule has 1 aromatic rings. The maximum atomic E-state index is 11.1. The summed E-state index contributed by atoms with van der Waals surface area (Å²) < 4.78 is 0. The predicted octanol–water partition coefficient (Wildman–Crippen LogP) is 1.43. The SMILES string of the molecule is O=C(O)[C@H]1C(P)[C@H](C(=O)O)C1c1ccccc1. The minimum atomic E-state index is -0.934. The van der Waals surface area contributed by atoms with Crippen molar-refractivity contribution in [3.63, 3.8) is 0 Å². The van der Waals surface area contributed by atoms with Gasteiger partial charge in [0.05, 0.1) is 11.8 Å². The molecule has 5 heteroatoms. The van der Waals surface area contributed by atoms with E-state index in [9.17, 15) is 9.59 Å². The van der Waals surface area contributed by atoms with Gasteiger partial charge in [-0.15, -0.1) is 9.24 Å². The Morgan fingerprint density at radius 2 is 1.47 bits per heavy atom. The summed E-state index contributed by atoms with van der Waals surface area (Å²) in [4.78, 5) is 22.3. The smallest absolute Gasteiger partial charge is 0.307 e. The van der Waals surface area contributed by atoms with Crippen LogP contribution in [0.25, 0.3) is 0 Å². The summed E-state index contributed by atoms with van der Waals surface area (Å²) >= 11 is 0. The summed E-state index contributed by atoms with van der Waals surface area (Å²) in [6, 6.07) is 8.98. The van der Waals surface area contributed by atoms with Crippen LogP contribution < -0.4 is 0 Å². The van der Waals surface area contributed by atoms with Crippen molar-refractivity contribution in [2.45, 2.75) is 11.6 Å². The normalized spacial score (nSPS) is 31.6. The number of aliphatic carboxylic acids is 2. The monoisotopic (exact) mass is 252 g/mol. The molecular weight excluding hydrogens is 239 g/mol. The van der Waals surface area contributed by atoms with Crippen LogP contribution in [0.2, 0.25) is 0 Å². The second kappa shape index (κ2) is 4.46. The number of carboxylic acid groups (broad SMARTS) is 2. The lowest BCUT2D eigenvalue weighted by Crippen LogP contribution is -2.53. The van der Waals surface area contributed by atoms with Crippen molar-refractivity contribution in [3.8, 4) is 0 Å². The molecule has 0 heterocycles. The average Bonchev–Trinajstić information content (AvgIpc) is 2.25. The molecule has 0 saturated heterocycles. The molecule has 0 spiro atoms. The van der Waals surface area contributed by atoms with Gasteiger partial charge >= 0.3 is 11.9 Å². The molecule has 1 aliphatic rings. The van der Waals surface area contributed by atoms with E-state index >= 15 is 0 Å². The summed E-state index contributed by atoms with van der Waals surface area (Å²) in [6.45, 7) is 0. The van der Waals surface area contributed by atoms with Crippen LogP contribution in [0, 0.1) is 11.8 Å². The molecule has 0 aliphatic heterocycles. The Labute approximate surface area is 101 Å². The number of rotatable bonds is 3. The van der Waals surface area contributed by atoms with Crippen molar-refractivity contribution in [2.24, 2.45) is 11.8 Å². The van der Waals surface area contributed by atoms with E-state index in [0.29, 0.717) is 0 Å². The zero-order valence-electron chi connectivity index (χ0n) is 8.98. The molecule has 0 aromatic heterocycles. The van der Waals surface area contributed by atoms with Gasteiger partial charge in [-0.1, -0.05) is 30.3 Å². The standard InChI is InChI=1S/C12H13O4P/c13-11(14)8-7(6-4-2-1-3-5-6)9(10(8)17)12(15)16/h1-5,7-10H,17H2,(H,13,14)(H,15,16)/t7?,8-,9-,10?/m1/s1. The Bertz CT molecular complexity index is 423. The minimum absolute atomic E-state index is 0.407. The Balaban J connectivity index is 2.34. The molecule has 1 unspecified atom stereocenters. The third-order valence-corrected chi connectivity index (χ3v) is 4.19. The third-order valence-electron chi connectivity index (χ3n) is 3.36. The fraction of sp³-hybridized carbons (Fsp3) is 0.333. The van der Waals surface area contributed by atoms with Crippen LogP contribution in [0.1, 0.15) is 11.5 Å². The highest BCUT2D eigenvalue weighted by Crippen LogP contribution is 2.51. The lowest BCUT2D eigenvalue weighted by molar-refractivity contribution is -0.155. The molecule has 1 aliphatic carbocycles. The predicted molar refractivity (Wildman–Crippen MR) is 64.9 cm³/mol. The van der Waals surface area contributed by atoms with E-state index in [0.717, 1.165) is 5.56 Å². The molecule has 1 saturated carbocycles. The maximum absolute atomic E-state index is 11.1. The van der Waals surface area contributed by atoms with Crippen molar-refractivity contribution in [2.75, 3.05) is 0 Å². The van der Waals surface area contributed by atoms with Crippen LogP contribution in [-0.2, 0) is 9.59 Å². The highest BCUT2D eigenvalue weighted by molar-refractivity contribution is 7.18. The van der Waals surface area contributed by atoms with Crippen LogP contribution in [0.4, 0.5) is 0 Å². The summed E-state index contributed by atoms with van der Waals surface area (Å²) in [7, 11) is 2.35. The van der Waals surface area contributed by atoms with E-state index in [-0.39, 0.29) is 0 Å². The van der Waals surface area contributed by atoms with Gasteiger partial charge in [0.15, 0.2) is 0 Å². The van der Waals surface area contributed by atoms with E-state index in [4.69, 9.17) is 10.2 Å². The first-order chi connectivity index (χ1) is 8.04. The van der Waals surface area contributed by atoms with Crippen molar-refractivity contribution < 1.29 is 19.8 Å². The van der Waals surface area contributed by atoms with Gasteiger partial charge in [-0.25, -0.2) is 0 Å². The van der Waals surface area contributed by atoms with E-state index in [2.05, 4.69) is 9.24 Å². The summed E-state index contributed by atoms with van der Waals surface area (Å²) in [5, 5.41) is 18.3. The molecule has 2 rings (SSSR count). The highest BCUT2D eigenvalue weighted by atomic mass is 31.0. The van der Waals surface area contributed by atoms with Gasteiger partial charge in [0.2, 0.25) is 0 Å². The molecule has 1 fully saturated rings. The number of benzene rings is 1. The fourth-order valence-electron chi connectivity index (χ4n) is 2.51. The van der Waals surface area contributed by atoms with Gasteiger partial charge in [-0.05, 0) is 5.56 Å². The van der Waals surface area contributed by atoms with Crippen LogP contribution in [0.3, 0.4) is 0 Å². The van der Waals surface area contributed by atoms with Crippen molar-refractivity contribution >= 4 is 21.2 Å². The molecule has 0 radical (unpaired) electrons. The highest BCUT2D eigenvalue weighted by Gasteiger charge is 2.56. The lowest BCUT2D eigenvalue weighted by atomic mass is 9.61. The van der Waals surface area contributed by atoms with Gasteiger partial charge in [0, 0.05) is 11.6 Å². The molecule has 0 bridgehead atoms. The Hall–Kier alpha value is -1.41. The van der Waals surface area contributed by atoms with Gasteiger partial charge < -0.3 is 10.2 Å². The van der Waals surface area contributed by atoms with Crippen LogP contribution in [0.15, 0.2) is 30.3 Å². The number of hydrogen-bond donors (Lipinski definition) is 2. The van der Waals surface area contributed by atoms with Gasteiger partial charge in [0.1, 0.15) is 0 Å². The average molecular weight is 252 g/mol. The van der Waals surface area contributed by atoms with Crippen molar-refractivity contribution in [1.29, 1.82) is 0 Å². The van der Waals surface area contributed by atoms with Crippen molar-refractivity contribution in [3.05, 3.63) is 35.9 Å². The molecule has 3 atom stereocenters.